The number of rotatable bonds is 0. The molecule has 0 fully saturated rings. The fourth-order valence-corrected chi connectivity index (χ4v) is 2.24. The zero-order valence-electron chi connectivity index (χ0n) is 16.0. The van der Waals surface area contributed by atoms with Crippen molar-refractivity contribution >= 4 is 27.7 Å². The first kappa shape index (κ1) is 24.6. The van der Waals surface area contributed by atoms with Gasteiger partial charge in [-0.05, 0) is 0 Å². The van der Waals surface area contributed by atoms with E-state index in [0.717, 1.165) is 20.6 Å². The Balaban J connectivity index is 0.000000403. The Labute approximate surface area is 169 Å². The van der Waals surface area contributed by atoms with E-state index in [-0.39, 0.29) is 6.19 Å². The zero-order chi connectivity index (χ0) is 19.8. The van der Waals surface area contributed by atoms with Crippen LogP contribution in [0.25, 0.3) is 21.5 Å². The molecule has 0 radical (unpaired) electrons. The normalized spacial score (nSPS) is 10.5. The summed E-state index contributed by atoms with van der Waals surface area (Å²) < 4.78 is 0. The van der Waals surface area contributed by atoms with Crippen molar-refractivity contribution in [1.29, 1.82) is 0 Å². The van der Waals surface area contributed by atoms with Gasteiger partial charge in [0, 0.05) is 0 Å². The Hall–Kier alpha value is -1.36. The van der Waals surface area contributed by atoms with Crippen molar-refractivity contribution in [3.8, 4) is 0 Å². The molecule has 3 aromatic carbocycles. The van der Waals surface area contributed by atoms with E-state index in [2.05, 4.69) is 99.0 Å². The Morgan fingerprint density at radius 1 is 0.885 bits per heavy atom. The van der Waals surface area contributed by atoms with Crippen molar-refractivity contribution in [2.45, 2.75) is 19.5 Å². The minimum Gasteiger partial charge on any atom is -0.273 e. The zero-order valence-corrected chi connectivity index (χ0v) is 18.5. The molecule has 3 aromatic rings. The van der Waals surface area contributed by atoms with Crippen molar-refractivity contribution < 1.29 is 29.4 Å². The Morgan fingerprint density at radius 3 is 1.62 bits per heavy atom. The second-order valence-electron chi connectivity index (χ2n) is 5.32. The average Bonchev–Trinajstić information content (AvgIpc) is 3.36. The molecule has 0 aromatic heterocycles. The first-order valence-electron chi connectivity index (χ1n) is 8.27. The van der Waals surface area contributed by atoms with Crippen LogP contribution in [-0.4, -0.2) is 20.4 Å². The van der Waals surface area contributed by atoms with Crippen molar-refractivity contribution in [1.82, 2.24) is 0 Å². The van der Waals surface area contributed by atoms with Gasteiger partial charge in [-0.25, -0.2) is 12.2 Å². The molecule has 1 aliphatic carbocycles. The molecule has 0 amide bonds. The SMILES string of the molecule is C[O-].C[O-].C[Si](C)=[Ti+2].[C-]1=CC=CC1.c1ccc2c(c1)[cH-]c1ccccc12. The second-order valence-corrected chi connectivity index (χ2v) is 12.0. The van der Waals surface area contributed by atoms with Crippen LogP contribution < -0.4 is 10.2 Å². The summed E-state index contributed by atoms with van der Waals surface area (Å²) in [5, 5.41) is 21.9. The molecule has 0 unspecified atom stereocenters. The smallest absolute Gasteiger partial charge is 0.0771 e. The van der Waals surface area contributed by atoms with Gasteiger partial charge < -0.3 is 10.2 Å². The van der Waals surface area contributed by atoms with E-state index in [9.17, 15) is 0 Å². The number of allylic oxidation sites excluding steroid dienone is 4. The predicted molar refractivity (Wildman–Crippen MR) is 108 cm³/mol. The van der Waals surface area contributed by atoms with E-state index in [4.69, 9.17) is 10.2 Å². The molecular weight excluding hydrogens is 372 g/mol. The van der Waals surface area contributed by atoms with Crippen LogP contribution in [0.5, 0.6) is 0 Å². The maximum Gasteiger partial charge on any atom is -0.0771 e. The molecule has 0 bridgehead atoms. The third kappa shape index (κ3) is 9.37. The molecule has 1 aliphatic rings. The van der Waals surface area contributed by atoms with Gasteiger partial charge in [0.25, 0.3) is 0 Å². The predicted octanol–water partition coefficient (Wildman–Crippen LogP) is 3.75. The molecule has 0 heterocycles. The van der Waals surface area contributed by atoms with Crippen LogP contribution in [0.2, 0.25) is 13.1 Å². The molecule has 0 aliphatic heterocycles. The maximum absolute atomic E-state index is 8.25. The van der Waals surface area contributed by atoms with Crippen molar-refractivity contribution in [3.63, 3.8) is 0 Å². The molecule has 0 N–H and O–H groups in total. The average molecular weight is 398 g/mol. The molecular formula is C22H26O2SiTi-2. The van der Waals surface area contributed by atoms with Crippen LogP contribution >= 0.6 is 0 Å². The van der Waals surface area contributed by atoms with Crippen LogP contribution in [0, 0.1) is 6.08 Å². The monoisotopic (exact) mass is 398 g/mol. The van der Waals surface area contributed by atoms with Gasteiger partial charge in [0.1, 0.15) is 0 Å². The number of hydrogen-bond acceptors (Lipinski definition) is 2. The summed E-state index contributed by atoms with van der Waals surface area (Å²) in [5.74, 6) is 0. The maximum atomic E-state index is 8.25. The molecule has 26 heavy (non-hydrogen) atoms. The molecule has 0 saturated carbocycles. The van der Waals surface area contributed by atoms with Gasteiger partial charge in [-0.1, -0.05) is 36.4 Å². The molecule has 2 nitrogen and oxygen atoms in total. The summed E-state index contributed by atoms with van der Waals surface area (Å²) in [4.78, 5) is 0. The quantitative estimate of drug-likeness (QED) is 0.428. The fourth-order valence-electron chi connectivity index (χ4n) is 2.24. The Kier molecular flexibility index (Phi) is 15.0. The van der Waals surface area contributed by atoms with Crippen molar-refractivity contribution in [3.05, 3.63) is 78.9 Å². The Morgan fingerprint density at radius 2 is 1.31 bits per heavy atom. The minimum absolute atomic E-state index is 0.120. The molecule has 136 valence electrons. The minimum atomic E-state index is 0.120. The van der Waals surface area contributed by atoms with Crippen molar-refractivity contribution in [2.75, 3.05) is 14.2 Å². The number of fused-ring (bicyclic) bond motifs is 3. The number of benzene rings is 2. The van der Waals surface area contributed by atoms with Crippen molar-refractivity contribution in [2.24, 2.45) is 0 Å². The standard InChI is InChI=1S/C13H9.C5H5.C2H6Si.2CH3O.Ti/c1-3-7-12-10(5-1)9-11-6-2-4-8-13(11)12;1-2-4-5-3-1;1-3-2;2*1-2;/h1-9H;1-3H,4H2;1-2H3;2*1H3;/q2*-1;;2*-1;+2. The first-order chi connectivity index (χ1) is 12.7. The van der Waals surface area contributed by atoms with Gasteiger partial charge in [0.05, 0.1) is 0 Å². The van der Waals surface area contributed by atoms with E-state index >= 15 is 0 Å². The summed E-state index contributed by atoms with van der Waals surface area (Å²) >= 11 is 2.27. The molecule has 4 heteroatoms. The third-order valence-corrected chi connectivity index (χ3v) is 3.11. The summed E-state index contributed by atoms with van der Waals surface area (Å²) in [6.07, 6.45) is 10.1. The second kappa shape index (κ2) is 15.9. The first-order valence-corrected chi connectivity index (χ1v) is 13.1. The van der Waals surface area contributed by atoms with Crippen LogP contribution in [0.1, 0.15) is 6.42 Å². The number of hydrogen-bond donors (Lipinski definition) is 0. The van der Waals surface area contributed by atoms with E-state index in [0.29, 0.717) is 0 Å². The van der Waals surface area contributed by atoms with Crippen LogP contribution in [0.15, 0.2) is 72.8 Å². The van der Waals surface area contributed by atoms with Gasteiger partial charge in [-0.3, -0.25) is 6.08 Å². The van der Waals surface area contributed by atoms with E-state index in [1.807, 2.05) is 12.2 Å². The molecule has 0 atom stereocenters. The van der Waals surface area contributed by atoms with E-state index in [1.165, 1.54) is 21.5 Å². The topological polar surface area (TPSA) is 46.1 Å². The van der Waals surface area contributed by atoms with Crippen LogP contribution in [0.4, 0.5) is 0 Å². The van der Waals surface area contributed by atoms with Gasteiger partial charge in [-0.15, -0.1) is 46.2 Å². The van der Waals surface area contributed by atoms with Gasteiger partial charge in [-0.2, -0.15) is 20.3 Å². The summed E-state index contributed by atoms with van der Waals surface area (Å²) in [6.45, 7) is 4.54. The Bertz CT molecular complexity index is 755. The van der Waals surface area contributed by atoms with Crippen LogP contribution in [-0.2, 0) is 19.2 Å². The van der Waals surface area contributed by atoms with E-state index < -0.39 is 0 Å². The summed E-state index contributed by atoms with van der Waals surface area (Å²) in [6, 6.07) is 19.3. The third-order valence-electron chi connectivity index (χ3n) is 3.11. The van der Waals surface area contributed by atoms with Gasteiger partial charge in [0.2, 0.25) is 0 Å². The van der Waals surface area contributed by atoms with Crippen LogP contribution in [0.3, 0.4) is 0 Å². The molecule has 0 spiro atoms. The van der Waals surface area contributed by atoms with E-state index in [1.54, 1.807) is 0 Å². The summed E-state index contributed by atoms with van der Waals surface area (Å²) in [7, 11) is 1.50. The largest absolute Gasteiger partial charge is 0.273 e. The van der Waals surface area contributed by atoms with Gasteiger partial charge in [0.15, 0.2) is 0 Å². The summed E-state index contributed by atoms with van der Waals surface area (Å²) in [5.41, 5.74) is 0. The molecule has 0 saturated heterocycles. The fraction of sp³-hybridized carbons (Fsp3) is 0.227. The van der Waals surface area contributed by atoms with Gasteiger partial charge >= 0.3 is 38.5 Å². The molecule has 4 rings (SSSR count).